The highest BCUT2D eigenvalue weighted by molar-refractivity contribution is 6.05. The molecular formula is C18H16N2O2. The number of aromatic amines is 1. The Labute approximate surface area is 128 Å². The first-order valence-corrected chi connectivity index (χ1v) is 7.02. The molecule has 3 rings (SSSR count). The molecule has 22 heavy (non-hydrogen) atoms. The molecule has 0 amide bonds. The summed E-state index contributed by atoms with van der Waals surface area (Å²) >= 11 is 0. The van der Waals surface area contributed by atoms with Gasteiger partial charge in [0.25, 0.3) is 5.56 Å². The van der Waals surface area contributed by atoms with Gasteiger partial charge in [0, 0.05) is 17.3 Å². The van der Waals surface area contributed by atoms with Gasteiger partial charge in [0.2, 0.25) is 0 Å². The van der Waals surface area contributed by atoms with Crippen molar-refractivity contribution in [1.82, 2.24) is 4.98 Å². The summed E-state index contributed by atoms with van der Waals surface area (Å²) in [5.41, 5.74) is 4.26. The van der Waals surface area contributed by atoms with Crippen LogP contribution in [0.25, 0.3) is 11.3 Å². The molecule has 0 aromatic heterocycles. The van der Waals surface area contributed by atoms with E-state index >= 15 is 0 Å². The molecule has 0 fully saturated rings. The Bertz CT molecular complexity index is 894. The van der Waals surface area contributed by atoms with Crippen molar-refractivity contribution < 1.29 is 5.11 Å². The number of phenolic OH excluding ortho intramolecular Hbond substituents is 1. The number of aromatic hydroxyl groups is 1. The van der Waals surface area contributed by atoms with Gasteiger partial charge < -0.3 is 10.1 Å². The van der Waals surface area contributed by atoms with E-state index in [1.807, 2.05) is 37.3 Å². The zero-order valence-electron chi connectivity index (χ0n) is 12.4. The monoisotopic (exact) mass is 292 g/mol. The molecule has 4 heteroatoms. The fraction of sp³-hybridized carbons (Fsp3) is 0.111. The highest BCUT2D eigenvalue weighted by Gasteiger charge is 2.16. The molecule has 1 aliphatic carbocycles. The normalized spacial score (nSPS) is 11.8. The summed E-state index contributed by atoms with van der Waals surface area (Å²) in [6.07, 6.45) is 0. The lowest BCUT2D eigenvalue weighted by atomic mass is 10.1. The third kappa shape index (κ3) is 2.51. The Morgan fingerprint density at radius 3 is 2.73 bits per heavy atom. The third-order valence-corrected chi connectivity index (χ3v) is 3.63. The van der Waals surface area contributed by atoms with E-state index in [0.29, 0.717) is 17.0 Å². The number of H-pyrrole nitrogens is 1. The molecule has 1 aliphatic heterocycles. The van der Waals surface area contributed by atoms with Crippen LogP contribution in [0, 0.1) is 6.92 Å². The Morgan fingerprint density at radius 2 is 1.91 bits per heavy atom. The van der Waals surface area contributed by atoms with Crippen molar-refractivity contribution in [3.05, 3.63) is 70.0 Å². The largest absolute Gasteiger partial charge is 0.508 e. The van der Waals surface area contributed by atoms with E-state index in [0.717, 1.165) is 16.8 Å². The fourth-order valence-electron chi connectivity index (χ4n) is 2.50. The standard InChI is InChI=1S/C18H16N2O2/c1-11-8-9-13(21)10-16(11)19-12(2)17-14-6-4-3-5-7-15(14)20-18(17)22/h3-10,21H,1-2H3,(H,20,22). The second-order valence-corrected chi connectivity index (χ2v) is 5.24. The second-order valence-electron chi connectivity index (χ2n) is 5.24. The fourth-order valence-corrected chi connectivity index (χ4v) is 2.50. The molecule has 0 bridgehead atoms. The topological polar surface area (TPSA) is 65.5 Å². The number of phenols is 1. The molecule has 2 N–H and O–H groups in total. The van der Waals surface area contributed by atoms with Gasteiger partial charge in [-0.05, 0) is 31.5 Å². The molecule has 1 heterocycles. The summed E-state index contributed by atoms with van der Waals surface area (Å²) in [5, 5.41) is 9.60. The first kappa shape index (κ1) is 14.1. The molecule has 0 saturated carbocycles. The van der Waals surface area contributed by atoms with Gasteiger partial charge in [-0.1, -0.05) is 30.3 Å². The van der Waals surface area contributed by atoms with Gasteiger partial charge in [0.15, 0.2) is 0 Å². The van der Waals surface area contributed by atoms with Gasteiger partial charge in [-0.2, -0.15) is 0 Å². The van der Waals surface area contributed by atoms with Crippen LogP contribution in [-0.4, -0.2) is 15.8 Å². The number of hydrogen-bond acceptors (Lipinski definition) is 3. The SMILES string of the molecule is CC(=Nc1cc(O)ccc1C)c1c2cccccc-2[nH]c1=O. The number of aromatic nitrogens is 1. The van der Waals surface area contributed by atoms with Crippen LogP contribution in [0.1, 0.15) is 18.1 Å². The Balaban J connectivity index is 2.16. The molecule has 0 radical (unpaired) electrons. The maximum atomic E-state index is 12.2. The average Bonchev–Trinajstić information content (AvgIpc) is 2.64. The van der Waals surface area contributed by atoms with Crippen LogP contribution in [0.5, 0.6) is 5.75 Å². The van der Waals surface area contributed by atoms with Gasteiger partial charge in [0.1, 0.15) is 5.75 Å². The number of fused-ring (bicyclic) bond motifs is 1. The van der Waals surface area contributed by atoms with Crippen LogP contribution in [0.15, 0.2) is 58.3 Å². The van der Waals surface area contributed by atoms with Crippen LogP contribution in [-0.2, 0) is 0 Å². The van der Waals surface area contributed by atoms with E-state index in [9.17, 15) is 9.90 Å². The number of nitrogens with one attached hydrogen (secondary N) is 1. The highest BCUT2D eigenvalue weighted by Crippen LogP contribution is 2.26. The van der Waals surface area contributed by atoms with E-state index in [2.05, 4.69) is 9.98 Å². The second kappa shape index (κ2) is 5.48. The van der Waals surface area contributed by atoms with Gasteiger partial charge in [-0.15, -0.1) is 0 Å². The zero-order chi connectivity index (χ0) is 15.7. The quantitative estimate of drug-likeness (QED) is 0.708. The van der Waals surface area contributed by atoms with Crippen molar-refractivity contribution in [3.8, 4) is 17.0 Å². The van der Waals surface area contributed by atoms with Gasteiger partial charge in [-0.25, -0.2) is 0 Å². The Kier molecular flexibility index (Phi) is 3.51. The van der Waals surface area contributed by atoms with E-state index in [1.165, 1.54) is 0 Å². The van der Waals surface area contributed by atoms with Crippen LogP contribution >= 0.6 is 0 Å². The van der Waals surface area contributed by atoms with E-state index in [1.54, 1.807) is 25.1 Å². The minimum Gasteiger partial charge on any atom is -0.508 e. The van der Waals surface area contributed by atoms with Crippen molar-refractivity contribution in [1.29, 1.82) is 0 Å². The van der Waals surface area contributed by atoms with Gasteiger partial charge in [-0.3, -0.25) is 9.79 Å². The molecule has 0 saturated heterocycles. The van der Waals surface area contributed by atoms with E-state index < -0.39 is 0 Å². The molecule has 1 aromatic rings. The summed E-state index contributed by atoms with van der Waals surface area (Å²) in [5.74, 6) is 0.157. The summed E-state index contributed by atoms with van der Waals surface area (Å²) in [6.45, 7) is 3.72. The molecule has 0 atom stereocenters. The predicted octanol–water partition coefficient (Wildman–Crippen LogP) is 3.63. The number of rotatable bonds is 2. The molecule has 0 spiro atoms. The van der Waals surface area contributed by atoms with Crippen LogP contribution in [0.2, 0.25) is 0 Å². The summed E-state index contributed by atoms with van der Waals surface area (Å²) < 4.78 is 0. The van der Waals surface area contributed by atoms with Gasteiger partial charge >= 0.3 is 0 Å². The van der Waals surface area contributed by atoms with Gasteiger partial charge in [0.05, 0.1) is 17.0 Å². The van der Waals surface area contributed by atoms with Crippen molar-refractivity contribution in [2.75, 3.05) is 0 Å². The predicted molar refractivity (Wildman–Crippen MR) is 88.4 cm³/mol. The van der Waals surface area contributed by atoms with Crippen LogP contribution < -0.4 is 5.56 Å². The van der Waals surface area contributed by atoms with Crippen molar-refractivity contribution in [2.24, 2.45) is 4.99 Å². The van der Waals surface area contributed by atoms with Crippen molar-refractivity contribution >= 4 is 11.4 Å². The summed E-state index contributed by atoms with van der Waals surface area (Å²) in [6, 6.07) is 14.5. The third-order valence-electron chi connectivity index (χ3n) is 3.63. The van der Waals surface area contributed by atoms with Crippen LogP contribution in [0.4, 0.5) is 5.69 Å². The van der Waals surface area contributed by atoms with E-state index in [-0.39, 0.29) is 11.3 Å². The molecule has 1 aromatic carbocycles. The minimum absolute atomic E-state index is 0.153. The lowest BCUT2D eigenvalue weighted by Crippen LogP contribution is -2.10. The smallest absolute Gasteiger partial charge is 0.258 e. The van der Waals surface area contributed by atoms with Crippen LogP contribution in [0.3, 0.4) is 0 Å². The Morgan fingerprint density at radius 1 is 1.14 bits per heavy atom. The molecule has 2 aliphatic rings. The number of hydrogen-bond donors (Lipinski definition) is 2. The molecule has 110 valence electrons. The average molecular weight is 292 g/mol. The molecule has 0 unspecified atom stereocenters. The number of aryl methyl sites for hydroxylation is 1. The van der Waals surface area contributed by atoms with E-state index in [4.69, 9.17) is 0 Å². The zero-order valence-corrected chi connectivity index (χ0v) is 12.4. The number of benzene rings is 1. The first-order chi connectivity index (χ1) is 10.6. The van der Waals surface area contributed by atoms with Crippen molar-refractivity contribution in [3.63, 3.8) is 0 Å². The highest BCUT2D eigenvalue weighted by atomic mass is 16.3. The summed E-state index contributed by atoms with van der Waals surface area (Å²) in [4.78, 5) is 19.6. The lowest BCUT2D eigenvalue weighted by Gasteiger charge is -2.04. The maximum Gasteiger partial charge on any atom is 0.258 e. The summed E-state index contributed by atoms with van der Waals surface area (Å²) in [7, 11) is 0. The number of nitrogens with zero attached hydrogens (tertiary/aromatic N) is 1. The molecule has 4 nitrogen and oxygen atoms in total. The molecular weight excluding hydrogens is 276 g/mol. The Hall–Kier alpha value is -2.88. The number of aliphatic imine (C=N–C) groups is 1. The maximum absolute atomic E-state index is 12.2. The minimum atomic E-state index is -0.153. The lowest BCUT2D eigenvalue weighted by molar-refractivity contribution is 0.475. The van der Waals surface area contributed by atoms with Crippen molar-refractivity contribution in [2.45, 2.75) is 13.8 Å². The first-order valence-electron chi connectivity index (χ1n) is 7.02.